The monoisotopic (exact) mass is 389 g/mol. The van der Waals surface area contributed by atoms with Gasteiger partial charge in [0.2, 0.25) is 0 Å². The summed E-state index contributed by atoms with van der Waals surface area (Å²) in [6.07, 6.45) is 11.5. The summed E-state index contributed by atoms with van der Waals surface area (Å²) in [7, 11) is 0. The zero-order valence-electron chi connectivity index (χ0n) is 16.7. The molecule has 5 atom stereocenters. The molecule has 2 N–H and O–H groups in total. The quantitative estimate of drug-likeness (QED) is 0.338. The van der Waals surface area contributed by atoms with E-state index in [-0.39, 0.29) is 17.1 Å². The molecule has 0 heterocycles. The van der Waals surface area contributed by atoms with E-state index in [4.69, 9.17) is 5.21 Å². The van der Waals surface area contributed by atoms with Crippen LogP contribution < -0.4 is 0 Å². The molecule has 5 rings (SSSR count). The van der Waals surface area contributed by atoms with E-state index in [1.54, 1.807) is 0 Å². The minimum Gasteiger partial charge on any atom is -0.411 e. The normalized spacial score (nSPS) is 36.1. The summed E-state index contributed by atoms with van der Waals surface area (Å²) < 4.78 is 0. The average Bonchev–Trinajstić information content (AvgIpc) is 3.02. The van der Waals surface area contributed by atoms with Crippen molar-refractivity contribution in [3.63, 3.8) is 0 Å². The predicted octanol–water partition coefficient (Wildman–Crippen LogP) is 4.53. The smallest absolute Gasteiger partial charge is 0.156 e. The van der Waals surface area contributed by atoms with Crippen LogP contribution in [-0.4, -0.2) is 28.4 Å². The van der Waals surface area contributed by atoms with Crippen LogP contribution in [0.2, 0.25) is 0 Å². The third kappa shape index (κ3) is 2.84. The van der Waals surface area contributed by atoms with Crippen LogP contribution in [0, 0.1) is 17.3 Å². The Labute approximate surface area is 171 Å². The molecule has 1 aromatic carbocycles. The zero-order chi connectivity index (χ0) is 20.2. The van der Waals surface area contributed by atoms with Crippen molar-refractivity contribution in [2.45, 2.75) is 51.0 Å². The SMILES string of the molecule is C[C@]12C[C@H](c3ccc(/C=N/O)cc3)C3=C4CCC(=O)C=C4CCC3C1C=C[C@@H]2O. The van der Waals surface area contributed by atoms with Gasteiger partial charge in [0.05, 0.1) is 12.3 Å². The Bertz CT molecular complexity index is 968. The highest BCUT2D eigenvalue weighted by molar-refractivity contribution is 5.93. The van der Waals surface area contributed by atoms with Gasteiger partial charge in [-0.15, -0.1) is 0 Å². The van der Waals surface area contributed by atoms with Crippen molar-refractivity contribution < 1.29 is 15.1 Å². The van der Waals surface area contributed by atoms with Gasteiger partial charge >= 0.3 is 0 Å². The Morgan fingerprint density at radius 3 is 2.69 bits per heavy atom. The highest BCUT2D eigenvalue weighted by atomic mass is 16.4. The molecule has 2 unspecified atom stereocenters. The number of aliphatic hydroxyl groups is 1. The minimum absolute atomic E-state index is 0.156. The molecule has 0 saturated heterocycles. The Morgan fingerprint density at radius 1 is 1.14 bits per heavy atom. The largest absolute Gasteiger partial charge is 0.411 e. The first-order chi connectivity index (χ1) is 14.0. The molecular weight excluding hydrogens is 362 g/mol. The van der Waals surface area contributed by atoms with Crippen LogP contribution in [0.15, 0.2) is 64.4 Å². The number of nitrogens with zero attached hydrogens (tertiary/aromatic N) is 1. The highest BCUT2D eigenvalue weighted by Gasteiger charge is 2.54. The van der Waals surface area contributed by atoms with E-state index in [2.05, 4.69) is 30.3 Å². The van der Waals surface area contributed by atoms with Gasteiger partial charge in [-0.2, -0.15) is 0 Å². The van der Waals surface area contributed by atoms with E-state index in [1.165, 1.54) is 28.5 Å². The number of aliphatic hydroxyl groups excluding tert-OH is 1. The highest BCUT2D eigenvalue weighted by Crippen LogP contribution is 2.61. The van der Waals surface area contributed by atoms with Gasteiger partial charge in [0.1, 0.15) is 0 Å². The number of fused-ring (bicyclic) bond motifs is 4. The fourth-order valence-corrected chi connectivity index (χ4v) is 6.29. The van der Waals surface area contributed by atoms with Gasteiger partial charge < -0.3 is 10.3 Å². The van der Waals surface area contributed by atoms with Crippen molar-refractivity contribution in [1.29, 1.82) is 0 Å². The first-order valence-electron chi connectivity index (χ1n) is 10.6. The molecule has 4 heteroatoms. The molecule has 0 radical (unpaired) electrons. The van der Waals surface area contributed by atoms with Crippen LogP contribution >= 0.6 is 0 Å². The topological polar surface area (TPSA) is 69.9 Å². The molecule has 0 aromatic heterocycles. The predicted molar refractivity (Wildman–Crippen MR) is 112 cm³/mol. The molecule has 4 aliphatic carbocycles. The second-order valence-electron chi connectivity index (χ2n) is 9.24. The van der Waals surface area contributed by atoms with Gasteiger partial charge in [0.25, 0.3) is 0 Å². The average molecular weight is 389 g/mol. The maximum atomic E-state index is 12.0. The number of oxime groups is 1. The van der Waals surface area contributed by atoms with E-state index >= 15 is 0 Å². The molecule has 4 nitrogen and oxygen atoms in total. The Hall–Kier alpha value is -2.46. The summed E-state index contributed by atoms with van der Waals surface area (Å²) in [5.41, 5.74) is 6.09. The van der Waals surface area contributed by atoms with Crippen LogP contribution in [0.1, 0.15) is 56.1 Å². The summed E-state index contributed by atoms with van der Waals surface area (Å²) in [4.78, 5) is 12.0. The van der Waals surface area contributed by atoms with E-state index in [1.807, 2.05) is 24.3 Å². The summed E-state index contributed by atoms with van der Waals surface area (Å²) in [6, 6.07) is 8.21. The molecule has 150 valence electrons. The standard InChI is InChI=1S/C25H27NO3/c1-25-13-21(16-4-2-15(3-5-16)14-26-29)24-19-9-7-18(27)12-17(19)6-8-20(24)22(25)10-11-23(25)28/h2-5,10-12,14,20-23,28-29H,6-9,13H2,1H3/b26-14+/t20?,21-,22?,23+,25+/m1/s1. The first kappa shape index (κ1) is 18.6. The van der Waals surface area contributed by atoms with Gasteiger partial charge in [-0.05, 0) is 65.9 Å². The van der Waals surface area contributed by atoms with Crippen molar-refractivity contribution in [3.8, 4) is 0 Å². The number of ketones is 1. The lowest BCUT2D eigenvalue weighted by atomic mass is 9.53. The third-order valence-electron chi connectivity index (χ3n) is 7.75. The molecule has 0 amide bonds. The molecule has 1 saturated carbocycles. The second kappa shape index (κ2) is 6.81. The summed E-state index contributed by atoms with van der Waals surface area (Å²) in [5.74, 6) is 1.27. The zero-order valence-corrected chi connectivity index (χ0v) is 16.7. The van der Waals surface area contributed by atoms with Crippen molar-refractivity contribution >= 4 is 12.0 Å². The van der Waals surface area contributed by atoms with E-state index in [0.29, 0.717) is 18.3 Å². The van der Waals surface area contributed by atoms with Crippen molar-refractivity contribution in [2.24, 2.45) is 22.4 Å². The number of rotatable bonds is 2. The molecular formula is C25H27NO3. The van der Waals surface area contributed by atoms with Gasteiger partial charge in [0, 0.05) is 17.8 Å². The molecule has 0 spiro atoms. The van der Waals surface area contributed by atoms with Gasteiger partial charge in [-0.1, -0.05) is 54.1 Å². The van der Waals surface area contributed by atoms with Crippen LogP contribution in [0.5, 0.6) is 0 Å². The number of hydrogen-bond donors (Lipinski definition) is 2. The van der Waals surface area contributed by atoms with E-state index in [0.717, 1.165) is 31.2 Å². The van der Waals surface area contributed by atoms with Crippen molar-refractivity contribution in [3.05, 3.63) is 70.3 Å². The lowest BCUT2D eigenvalue weighted by Crippen LogP contribution is -2.45. The van der Waals surface area contributed by atoms with Crippen LogP contribution in [-0.2, 0) is 4.79 Å². The molecule has 1 aromatic rings. The number of hydrogen-bond acceptors (Lipinski definition) is 4. The Balaban J connectivity index is 1.65. The third-order valence-corrected chi connectivity index (χ3v) is 7.75. The van der Waals surface area contributed by atoms with E-state index < -0.39 is 6.10 Å². The molecule has 0 aliphatic heterocycles. The number of carbonyl (C=O) groups is 1. The molecule has 29 heavy (non-hydrogen) atoms. The van der Waals surface area contributed by atoms with Gasteiger partial charge in [-0.25, -0.2) is 0 Å². The molecule has 4 aliphatic rings. The number of benzene rings is 1. The Kier molecular flexibility index (Phi) is 4.36. The number of carbonyl (C=O) groups excluding carboxylic acids is 1. The maximum Gasteiger partial charge on any atom is 0.156 e. The lowest BCUT2D eigenvalue weighted by molar-refractivity contribution is -0.114. The van der Waals surface area contributed by atoms with Crippen LogP contribution in [0.4, 0.5) is 0 Å². The minimum atomic E-state index is -0.410. The van der Waals surface area contributed by atoms with Crippen LogP contribution in [0.3, 0.4) is 0 Å². The van der Waals surface area contributed by atoms with Crippen molar-refractivity contribution in [2.75, 3.05) is 0 Å². The van der Waals surface area contributed by atoms with Crippen LogP contribution in [0.25, 0.3) is 0 Å². The summed E-state index contributed by atoms with van der Waals surface area (Å²) in [6.45, 7) is 2.24. The first-order valence-corrected chi connectivity index (χ1v) is 10.6. The van der Waals surface area contributed by atoms with Gasteiger partial charge in [0.15, 0.2) is 5.78 Å². The fourth-order valence-electron chi connectivity index (χ4n) is 6.29. The Morgan fingerprint density at radius 2 is 1.93 bits per heavy atom. The fraction of sp³-hybridized carbons (Fsp3) is 0.440. The van der Waals surface area contributed by atoms with Gasteiger partial charge in [-0.3, -0.25) is 4.79 Å². The second-order valence-corrected chi connectivity index (χ2v) is 9.24. The molecule has 0 bridgehead atoms. The number of allylic oxidation sites excluding steroid dienone is 5. The molecule has 1 fully saturated rings. The van der Waals surface area contributed by atoms with E-state index in [9.17, 15) is 9.90 Å². The lowest BCUT2D eigenvalue weighted by Gasteiger charge is -2.51. The van der Waals surface area contributed by atoms with Crippen molar-refractivity contribution in [1.82, 2.24) is 0 Å². The summed E-state index contributed by atoms with van der Waals surface area (Å²) >= 11 is 0. The summed E-state index contributed by atoms with van der Waals surface area (Å²) in [5, 5.41) is 22.7. The maximum absolute atomic E-state index is 12.0.